The number of benzene rings is 3. The van der Waals surface area contributed by atoms with Crippen molar-refractivity contribution in [1.82, 2.24) is 0 Å². The van der Waals surface area contributed by atoms with Crippen molar-refractivity contribution in [3.63, 3.8) is 0 Å². The molecule has 1 heterocycles. The molecule has 0 aromatic heterocycles. The summed E-state index contributed by atoms with van der Waals surface area (Å²) in [6.07, 6.45) is 0. The van der Waals surface area contributed by atoms with Crippen LogP contribution in [0.1, 0.15) is 21.5 Å². The third kappa shape index (κ3) is 3.35. The molecule has 0 spiro atoms. The highest BCUT2D eigenvalue weighted by Crippen LogP contribution is 2.38. The minimum absolute atomic E-state index is 0.158. The number of rotatable bonds is 4. The second kappa shape index (κ2) is 7.21. The van der Waals surface area contributed by atoms with Gasteiger partial charge in [-0.15, -0.1) is 0 Å². The summed E-state index contributed by atoms with van der Waals surface area (Å²) in [6.45, 7) is 0. The van der Waals surface area contributed by atoms with Gasteiger partial charge in [0.05, 0.1) is 22.5 Å². The molecule has 1 amide bonds. The van der Waals surface area contributed by atoms with E-state index < -0.39 is 5.97 Å². The van der Waals surface area contributed by atoms with Gasteiger partial charge in [0, 0.05) is 16.3 Å². The summed E-state index contributed by atoms with van der Waals surface area (Å²) in [6, 6.07) is 21.1. The molecule has 0 saturated carbocycles. The number of hydrogen-bond acceptors (Lipinski definition) is 3. The zero-order valence-electron chi connectivity index (χ0n) is 14.6. The second-order valence-electron chi connectivity index (χ2n) is 6.27. The summed E-state index contributed by atoms with van der Waals surface area (Å²) in [5.74, 6) is -1.27. The number of carboxylic acids is 1. The smallest absolute Gasteiger partial charge is 0.335 e. The molecule has 1 aliphatic heterocycles. The molecular formula is C22H15ClN2O3. The highest BCUT2D eigenvalue weighted by molar-refractivity contribution is 6.38. The van der Waals surface area contributed by atoms with E-state index in [4.69, 9.17) is 11.6 Å². The normalized spacial score (nSPS) is 14.2. The van der Waals surface area contributed by atoms with Gasteiger partial charge in [-0.1, -0.05) is 54.1 Å². The first-order chi connectivity index (χ1) is 13.5. The van der Waals surface area contributed by atoms with Crippen molar-refractivity contribution < 1.29 is 14.7 Å². The van der Waals surface area contributed by atoms with Gasteiger partial charge in [0.25, 0.3) is 5.91 Å². The van der Waals surface area contributed by atoms with E-state index in [-0.39, 0.29) is 11.5 Å². The Morgan fingerprint density at radius 3 is 2.43 bits per heavy atom. The fourth-order valence-corrected chi connectivity index (χ4v) is 3.32. The number of carbonyl (C=O) groups is 2. The summed E-state index contributed by atoms with van der Waals surface area (Å²) in [5.41, 5.74) is 3.96. The van der Waals surface area contributed by atoms with Gasteiger partial charge in [-0.05, 0) is 35.9 Å². The van der Waals surface area contributed by atoms with Gasteiger partial charge in [0.1, 0.15) is 0 Å². The van der Waals surface area contributed by atoms with Gasteiger partial charge in [0.15, 0.2) is 0 Å². The number of hydrogen-bond donors (Lipinski definition) is 3. The molecular weight excluding hydrogens is 376 g/mol. The summed E-state index contributed by atoms with van der Waals surface area (Å²) in [7, 11) is 0. The van der Waals surface area contributed by atoms with Crippen molar-refractivity contribution in [3.8, 4) is 0 Å². The van der Waals surface area contributed by atoms with E-state index in [2.05, 4.69) is 10.6 Å². The van der Waals surface area contributed by atoms with Crippen LogP contribution in [0.5, 0.6) is 0 Å². The maximum absolute atomic E-state index is 12.8. The SMILES string of the molecule is O=C1Nc2cc(Cl)ccc2C1=C(Nc1cccc(C(=O)O)c1)c1ccccc1. The zero-order chi connectivity index (χ0) is 19.7. The van der Waals surface area contributed by atoms with E-state index in [0.717, 1.165) is 11.1 Å². The van der Waals surface area contributed by atoms with Crippen LogP contribution in [0.15, 0.2) is 72.8 Å². The molecule has 0 radical (unpaired) electrons. The minimum atomic E-state index is -1.02. The van der Waals surface area contributed by atoms with Crippen LogP contribution < -0.4 is 10.6 Å². The standard InChI is InChI=1S/C22H15ClN2O3/c23-15-9-10-17-18(12-15)25-21(26)19(17)20(13-5-2-1-3-6-13)24-16-8-4-7-14(11-16)22(27)28/h1-12,24H,(H,25,26)(H,27,28). The van der Waals surface area contributed by atoms with E-state index in [1.165, 1.54) is 12.1 Å². The molecule has 3 aromatic carbocycles. The fraction of sp³-hybridized carbons (Fsp3) is 0. The predicted molar refractivity (Wildman–Crippen MR) is 110 cm³/mol. The average molecular weight is 391 g/mol. The third-order valence-corrected chi connectivity index (χ3v) is 4.65. The van der Waals surface area contributed by atoms with Crippen molar-refractivity contribution in [3.05, 3.63) is 94.5 Å². The zero-order valence-corrected chi connectivity index (χ0v) is 15.3. The van der Waals surface area contributed by atoms with E-state index in [1.807, 2.05) is 30.3 Å². The number of aromatic carboxylic acids is 1. The van der Waals surface area contributed by atoms with Gasteiger partial charge in [-0.3, -0.25) is 4.79 Å². The monoisotopic (exact) mass is 390 g/mol. The summed E-state index contributed by atoms with van der Waals surface area (Å²) in [4.78, 5) is 24.1. The molecule has 6 heteroatoms. The van der Waals surface area contributed by atoms with Crippen LogP contribution in [-0.4, -0.2) is 17.0 Å². The van der Waals surface area contributed by atoms with Crippen LogP contribution in [0.3, 0.4) is 0 Å². The Kier molecular flexibility index (Phi) is 4.59. The number of nitrogens with one attached hydrogen (secondary N) is 2. The number of amides is 1. The van der Waals surface area contributed by atoms with Gasteiger partial charge in [0.2, 0.25) is 0 Å². The largest absolute Gasteiger partial charge is 0.478 e. The number of carboxylic acid groups (broad SMARTS) is 1. The van der Waals surface area contributed by atoms with Crippen molar-refractivity contribution in [2.45, 2.75) is 0 Å². The Hall–Kier alpha value is -3.57. The molecule has 0 saturated heterocycles. The molecule has 138 valence electrons. The molecule has 4 rings (SSSR count). The Morgan fingerprint density at radius 2 is 1.68 bits per heavy atom. The van der Waals surface area contributed by atoms with E-state index in [1.54, 1.807) is 30.3 Å². The molecule has 1 aliphatic rings. The van der Waals surface area contributed by atoms with Gasteiger partial charge < -0.3 is 15.7 Å². The summed E-state index contributed by atoms with van der Waals surface area (Å²) < 4.78 is 0. The molecule has 0 atom stereocenters. The molecule has 0 bridgehead atoms. The molecule has 0 aliphatic carbocycles. The maximum atomic E-state index is 12.8. The first kappa shape index (κ1) is 17.8. The number of halogens is 1. The number of carbonyl (C=O) groups excluding carboxylic acids is 1. The first-order valence-electron chi connectivity index (χ1n) is 8.54. The molecule has 5 nitrogen and oxygen atoms in total. The molecule has 3 aromatic rings. The van der Waals surface area contributed by atoms with Gasteiger partial charge >= 0.3 is 5.97 Å². The lowest BCUT2D eigenvalue weighted by molar-refractivity contribution is -0.110. The lowest BCUT2D eigenvalue weighted by atomic mass is 10.00. The first-order valence-corrected chi connectivity index (χ1v) is 8.92. The second-order valence-corrected chi connectivity index (χ2v) is 6.71. The topological polar surface area (TPSA) is 78.4 Å². The number of fused-ring (bicyclic) bond motifs is 1. The molecule has 0 fully saturated rings. The van der Waals surface area contributed by atoms with Crippen molar-refractivity contribution in [2.24, 2.45) is 0 Å². The predicted octanol–water partition coefficient (Wildman–Crippen LogP) is 4.97. The third-order valence-electron chi connectivity index (χ3n) is 4.42. The molecule has 28 heavy (non-hydrogen) atoms. The quantitative estimate of drug-likeness (QED) is 0.549. The average Bonchev–Trinajstić information content (AvgIpc) is 3.01. The lowest BCUT2D eigenvalue weighted by Gasteiger charge is -2.15. The van der Waals surface area contributed by atoms with E-state index >= 15 is 0 Å². The fourth-order valence-electron chi connectivity index (χ4n) is 3.15. The van der Waals surface area contributed by atoms with E-state index in [0.29, 0.717) is 27.7 Å². The van der Waals surface area contributed by atoms with Crippen molar-refractivity contribution >= 4 is 46.1 Å². The molecule has 3 N–H and O–H groups in total. The Balaban J connectivity index is 1.89. The van der Waals surface area contributed by atoms with Crippen molar-refractivity contribution in [2.75, 3.05) is 10.6 Å². The minimum Gasteiger partial charge on any atom is -0.478 e. The van der Waals surface area contributed by atoms with Crippen LogP contribution in [0.25, 0.3) is 11.3 Å². The van der Waals surface area contributed by atoms with Gasteiger partial charge in [-0.25, -0.2) is 4.79 Å². The van der Waals surface area contributed by atoms with Gasteiger partial charge in [-0.2, -0.15) is 0 Å². The summed E-state index contributed by atoms with van der Waals surface area (Å²) in [5, 5.41) is 15.9. The van der Waals surface area contributed by atoms with Crippen LogP contribution in [0.4, 0.5) is 11.4 Å². The van der Waals surface area contributed by atoms with Crippen molar-refractivity contribution in [1.29, 1.82) is 0 Å². The van der Waals surface area contributed by atoms with E-state index in [9.17, 15) is 14.7 Å². The van der Waals surface area contributed by atoms with Crippen LogP contribution >= 0.6 is 11.6 Å². The number of anilines is 2. The summed E-state index contributed by atoms with van der Waals surface area (Å²) >= 11 is 6.05. The maximum Gasteiger partial charge on any atom is 0.335 e. The Morgan fingerprint density at radius 1 is 0.929 bits per heavy atom. The van der Waals surface area contributed by atoms with Crippen LogP contribution in [-0.2, 0) is 4.79 Å². The Labute approximate surface area is 166 Å². The van der Waals surface area contributed by atoms with Crippen LogP contribution in [0.2, 0.25) is 5.02 Å². The highest BCUT2D eigenvalue weighted by atomic mass is 35.5. The van der Waals surface area contributed by atoms with Crippen LogP contribution in [0, 0.1) is 0 Å². The highest BCUT2D eigenvalue weighted by Gasteiger charge is 2.28. The molecule has 0 unspecified atom stereocenters. The lowest BCUT2D eigenvalue weighted by Crippen LogP contribution is -2.10. The Bertz CT molecular complexity index is 1120.